The summed E-state index contributed by atoms with van der Waals surface area (Å²) in [5, 5.41) is 6.89. The lowest BCUT2D eigenvalue weighted by Gasteiger charge is -2.29. The zero-order valence-electron chi connectivity index (χ0n) is 10.3. The van der Waals surface area contributed by atoms with Crippen molar-refractivity contribution in [2.45, 2.75) is 51.5 Å². The topological polar surface area (TPSA) is 24.9 Å². The second-order valence-electron chi connectivity index (χ2n) is 4.86. The van der Waals surface area contributed by atoms with Crippen LogP contribution in [0, 0.1) is 12.8 Å². The molecule has 0 spiro atoms. The Morgan fingerprint density at radius 1 is 1.44 bits per heavy atom. The van der Waals surface area contributed by atoms with E-state index in [1.165, 1.54) is 42.8 Å². The zero-order chi connectivity index (χ0) is 11.4. The van der Waals surface area contributed by atoms with E-state index in [4.69, 9.17) is 0 Å². The lowest BCUT2D eigenvalue weighted by Crippen LogP contribution is -2.36. The summed E-state index contributed by atoms with van der Waals surface area (Å²) in [6, 6.07) is 0.627. The highest BCUT2D eigenvalue weighted by Crippen LogP contribution is 2.28. The number of nitrogens with zero attached hydrogens (tertiary/aromatic N) is 1. The zero-order valence-corrected chi connectivity index (χ0v) is 11.1. The molecule has 2 rings (SSSR count). The first kappa shape index (κ1) is 12.1. The third-order valence-electron chi connectivity index (χ3n) is 3.69. The van der Waals surface area contributed by atoms with E-state index in [9.17, 15) is 0 Å². The molecule has 1 aliphatic rings. The van der Waals surface area contributed by atoms with Gasteiger partial charge >= 0.3 is 0 Å². The molecule has 1 aromatic heterocycles. The lowest BCUT2D eigenvalue weighted by molar-refractivity contribution is 0.276. The Labute approximate surface area is 102 Å². The highest BCUT2D eigenvalue weighted by atomic mass is 32.1. The summed E-state index contributed by atoms with van der Waals surface area (Å²) < 4.78 is 0. The third kappa shape index (κ3) is 3.05. The van der Waals surface area contributed by atoms with E-state index in [0.717, 1.165) is 12.3 Å². The second kappa shape index (κ2) is 5.78. The van der Waals surface area contributed by atoms with Gasteiger partial charge in [0, 0.05) is 17.8 Å². The van der Waals surface area contributed by atoms with Crippen LogP contribution in [0.2, 0.25) is 0 Å². The fourth-order valence-corrected chi connectivity index (χ4v) is 3.39. The Kier molecular flexibility index (Phi) is 4.36. The number of aryl methyl sites for hydroxylation is 1. The summed E-state index contributed by atoms with van der Waals surface area (Å²) in [4.78, 5) is 4.57. The summed E-state index contributed by atoms with van der Waals surface area (Å²) in [5.41, 5.74) is 1.27. The molecule has 1 N–H and O–H groups in total. The molecule has 1 aromatic rings. The van der Waals surface area contributed by atoms with Gasteiger partial charge in [0.25, 0.3) is 0 Å². The molecule has 1 fully saturated rings. The summed E-state index contributed by atoms with van der Waals surface area (Å²) in [7, 11) is 2.10. The number of hydrogen-bond donors (Lipinski definition) is 1. The molecular formula is C13H22N2S. The molecule has 1 unspecified atom stereocenters. The maximum Gasteiger partial charge on any atom is 0.0897 e. The van der Waals surface area contributed by atoms with Crippen LogP contribution in [0.15, 0.2) is 5.38 Å². The van der Waals surface area contributed by atoms with Crippen molar-refractivity contribution in [3.63, 3.8) is 0 Å². The van der Waals surface area contributed by atoms with Gasteiger partial charge in [0.1, 0.15) is 0 Å². The minimum Gasteiger partial charge on any atom is -0.316 e. The molecule has 16 heavy (non-hydrogen) atoms. The minimum atomic E-state index is 0.627. The normalized spacial score (nSPS) is 19.9. The Morgan fingerprint density at radius 3 is 2.75 bits per heavy atom. The van der Waals surface area contributed by atoms with Crippen molar-refractivity contribution in [1.82, 2.24) is 10.3 Å². The van der Waals surface area contributed by atoms with Gasteiger partial charge < -0.3 is 5.32 Å². The van der Waals surface area contributed by atoms with Gasteiger partial charge in [-0.15, -0.1) is 11.3 Å². The van der Waals surface area contributed by atoms with E-state index in [1.807, 2.05) is 0 Å². The first-order valence-corrected chi connectivity index (χ1v) is 7.26. The molecule has 0 bridgehead atoms. The van der Waals surface area contributed by atoms with Crippen molar-refractivity contribution in [2.24, 2.45) is 5.92 Å². The smallest absolute Gasteiger partial charge is 0.0897 e. The van der Waals surface area contributed by atoms with Crippen LogP contribution >= 0.6 is 11.3 Å². The number of likely N-dealkylation sites (N-methyl/N-ethyl adjacent to an activating group) is 1. The van der Waals surface area contributed by atoms with E-state index in [0.29, 0.717) is 6.04 Å². The van der Waals surface area contributed by atoms with Gasteiger partial charge in [-0.25, -0.2) is 4.98 Å². The highest BCUT2D eigenvalue weighted by molar-refractivity contribution is 7.09. The van der Waals surface area contributed by atoms with Gasteiger partial charge in [-0.05, 0) is 32.7 Å². The second-order valence-corrected chi connectivity index (χ2v) is 5.92. The van der Waals surface area contributed by atoms with E-state index >= 15 is 0 Å². The van der Waals surface area contributed by atoms with Gasteiger partial charge in [0.05, 0.1) is 10.7 Å². The number of aromatic nitrogens is 1. The quantitative estimate of drug-likeness (QED) is 0.871. The standard InChI is InChI=1S/C13H22N2S/c1-10-15-12(9-16-10)8-13(14-2)11-6-4-3-5-7-11/h9,11,13-14H,3-8H2,1-2H3. The van der Waals surface area contributed by atoms with Gasteiger partial charge in [0.2, 0.25) is 0 Å². The van der Waals surface area contributed by atoms with Crippen molar-refractivity contribution in [3.8, 4) is 0 Å². The molecule has 0 aliphatic heterocycles. The molecule has 0 aromatic carbocycles. The van der Waals surface area contributed by atoms with Gasteiger partial charge in [-0.2, -0.15) is 0 Å². The Morgan fingerprint density at radius 2 is 2.19 bits per heavy atom. The predicted octanol–water partition coefficient (Wildman–Crippen LogP) is 3.16. The summed E-state index contributed by atoms with van der Waals surface area (Å²) in [5.74, 6) is 0.862. The maximum atomic E-state index is 4.57. The van der Waals surface area contributed by atoms with Crippen LogP contribution in [-0.4, -0.2) is 18.1 Å². The Balaban J connectivity index is 1.94. The average Bonchev–Trinajstić information content (AvgIpc) is 2.73. The largest absolute Gasteiger partial charge is 0.316 e. The molecule has 2 nitrogen and oxygen atoms in total. The lowest BCUT2D eigenvalue weighted by atomic mass is 9.82. The monoisotopic (exact) mass is 238 g/mol. The minimum absolute atomic E-state index is 0.627. The van der Waals surface area contributed by atoms with Crippen molar-refractivity contribution < 1.29 is 0 Å². The van der Waals surface area contributed by atoms with Crippen molar-refractivity contribution in [2.75, 3.05) is 7.05 Å². The molecule has 1 heterocycles. The third-order valence-corrected chi connectivity index (χ3v) is 4.51. The number of thiazole rings is 1. The number of hydrogen-bond acceptors (Lipinski definition) is 3. The molecule has 0 amide bonds. The van der Waals surface area contributed by atoms with E-state index in [-0.39, 0.29) is 0 Å². The SMILES string of the molecule is CNC(Cc1csc(C)n1)C1CCCCC1. The predicted molar refractivity (Wildman–Crippen MR) is 70.0 cm³/mol. The maximum absolute atomic E-state index is 4.57. The number of rotatable bonds is 4. The van der Waals surface area contributed by atoms with Crippen LogP contribution in [-0.2, 0) is 6.42 Å². The molecule has 0 saturated heterocycles. The van der Waals surface area contributed by atoms with Crippen molar-refractivity contribution in [3.05, 3.63) is 16.1 Å². The molecule has 0 radical (unpaired) electrons. The van der Waals surface area contributed by atoms with Gasteiger partial charge in [0.15, 0.2) is 0 Å². The Bertz CT molecular complexity index is 315. The van der Waals surface area contributed by atoms with E-state index in [2.05, 4.69) is 29.7 Å². The first-order chi connectivity index (χ1) is 7.79. The summed E-state index contributed by atoms with van der Waals surface area (Å²) in [6.45, 7) is 2.09. The van der Waals surface area contributed by atoms with Crippen molar-refractivity contribution >= 4 is 11.3 Å². The summed E-state index contributed by atoms with van der Waals surface area (Å²) >= 11 is 1.76. The molecule has 1 atom stereocenters. The van der Waals surface area contributed by atoms with Crippen molar-refractivity contribution in [1.29, 1.82) is 0 Å². The van der Waals surface area contributed by atoms with Crippen LogP contribution in [0.3, 0.4) is 0 Å². The summed E-state index contributed by atoms with van der Waals surface area (Å²) in [6.07, 6.45) is 8.16. The average molecular weight is 238 g/mol. The van der Waals surface area contributed by atoms with Crippen LogP contribution in [0.4, 0.5) is 0 Å². The highest BCUT2D eigenvalue weighted by Gasteiger charge is 2.23. The molecule has 1 aliphatic carbocycles. The van der Waals surface area contributed by atoms with E-state index < -0.39 is 0 Å². The van der Waals surface area contributed by atoms with Gasteiger partial charge in [-0.3, -0.25) is 0 Å². The number of nitrogens with one attached hydrogen (secondary N) is 1. The first-order valence-electron chi connectivity index (χ1n) is 6.38. The van der Waals surface area contributed by atoms with Gasteiger partial charge in [-0.1, -0.05) is 19.3 Å². The fourth-order valence-electron chi connectivity index (χ4n) is 2.77. The molecule has 1 saturated carbocycles. The van der Waals surface area contributed by atoms with Crippen LogP contribution in [0.5, 0.6) is 0 Å². The Hall–Kier alpha value is -0.410. The van der Waals surface area contributed by atoms with E-state index in [1.54, 1.807) is 11.3 Å². The molecule has 90 valence electrons. The van der Waals surface area contributed by atoms with Crippen LogP contribution < -0.4 is 5.32 Å². The molecular weight excluding hydrogens is 216 g/mol. The fraction of sp³-hybridized carbons (Fsp3) is 0.769. The van der Waals surface area contributed by atoms with Crippen LogP contribution in [0.25, 0.3) is 0 Å². The van der Waals surface area contributed by atoms with Crippen LogP contribution in [0.1, 0.15) is 42.8 Å². The molecule has 3 heteroatoms.